The molecule has 17 heavy (non-hydrogen) atoms. The molecule has 1 fully saturated rings. The Balaban J connectivity index is 1.96. The van der Waals surface area contributed by atoms with Crippen LogP contribution in [0, 0.1) is 9.39 Å². The van der Waals surface area contributed by atoms with Crippen LogP contribution in [0.5, 0.6) is 0 Å². The van der Waals surface area contributed by atoms with Crippen molar-refractivity contribution >= 4 is 57.5 Å². The van der Waals surface area contributed by atoms with Crippen LogP contribution in [0.2, 0.25) is 0 Å². The largest absolute Gasteiger partial charge is 0.397 e. The van der Waals surface area contributed by atoms with Gasteiger partial charge < -0.3 is 11.1 Å². The Bertz CT molecular complexity index is 397. The van der Waals surface area contributed by atoms with E-state index in [0.717, 1.165) is 12.3 Å². The van der Waals surface area contributed by atoms with E-state index >= 15 is 0 Å². The summed E-state index contributed by atoms with van der Waals surface area (Å²) in [5.41, 5.74) is 7.18. The molecule has 2 rings (SSSR count). The molecule has 2 nitrogen and oxygen atoms in total. The van der Waals surface area contributed by atoms with Gasteiger partial charge in [0, 0.05) is 35.1 Å². The minimum atomic E-state index is -0.215. The molecule has 0 spiro atoms. The van der Waals surface area contributed by atoms with Gasteiger partial charge in [0.1, 0.15) is 5.82 Å². The van der Waals surface area contributed by atoms with Gasteiger partial charge in [-0.05, 0) is 28.7 Å². The van der Waals surface area contributed by atoms with Crippen LogP contribution in [0.3, 0.4) is 0 Å². The van der Waals surface area contributed by atoms with E-state index in [-0.39, 0.29) is 5.82 Å². The summed E-state index contributed by atoms with van der Waals surface area (Å²) in [7, 11) is 0. The van der Waals surface area contributed by atoms with Crippen molar-refractivity contribution in [1.29, 1.82) is 0 Å². The number of rotatable bonds is 3. The summed E-state index contributed by atoms with van der Waals surface area (Å²) in [6, 6.07) is 3.15. The summed E-state index contributed by atoms with van der Waals surface area (Å²) in [5, 5.41) is 3.84. The minimum absolute atomic E-state index is 0.215. The number of nitrogens with two attached hydrogens (primary N) is 1. The topological polar surface area (TPSA) is 38.0 Å². The zero-order valence-corrected chi connectivity index (χ0v) is 13.0. The molecule has 1 aromatic rings. The highest BCUT2D eigenvalue weighted by Gasteiger charge is 2.14. The molecular formula is C11H14FIN2S2. The van der Waals surface area contributed by atoms with E-state index in [2.05, 4.69) is 5.32 Å². The maximum Gasteiger partial charge on any atom is 0.138 e. The van der Waals surface area contributed by atoms with E-state index in [1.807, 2.05) is 46.1 Å². The van der Waals surface area contributed by atoms with Crippen molar-refractivity contribution in [2.24, 2.45) is 0 Å². The molecule has 0 amide bonds. The molecule has 0 aromatic heterocycles. The van der Waals surface area contributed by atoms with Crippen LogP contribution >= 0.6 is 46.1 Å². The first kappa shape index (κ1) is 13.6. The van der Waals surface area contributed by atoms with Crippen LogP contribution < -0.4 is 11.1 Å². The average molecular weight is 384 g/mol. The number of hydrogen-bond acceptors (Lipinski definition) is 4. The van der Waals surface area contributed by atoms with E-state index < -0.39 is 0 Å². The quantitative estimate of drug-likeness (QED) is 0.620. The van der Waals surface area contributed by atoms with Gasteiger partial charge in [0.2, 0.25) is 0 Å². The predicted molar refractivity (Wildman–Crippen MR) is 85.6 cm³/mol. The first-order chi connectivity index (χ1) is 8.16. The lowest BCUT2D eigenvalue weighted by atomic mass is 10.2. The number of thioether (sulfide) groups is 2. The van der Waals surface area contributed by atoms with Crippen molar-refractivity contribution in [2.45, 2.75) is 5.25 Å². The summed E-state index contributed by atoms with van der Waals surface area (Å²) >= 11 is 5.90. The molecule has 0 saturated carbocycles. The van der Waals surface area contributed by atoms with E-state index in [1.165, 1.54) is 17.6 Å². The van der Waals surface area contributed by atoms with Gasteiger partial charge in [-0.15, -0.1) is 0 Å². The van der Waals surface area contributed by atoms with Crippen molar-refractivity contribution < 1.29 is 4.39 Å². The molecule has 1 aromatic carbocycles. The van der Waals surface area contributed by atoms with Crippen LogP contribution in [-0.2, 0) is 0 Å². The molecule has 94 valence electrons. The molecule has 0 bridgehead atoms. The van der Waals surface area contributed by atoms with Crippen molar-refractivity contribution in [3.05, 3.63) is 21.5 Å². The molecule has 6 heteroatoms. The Morgan fingerprint density at radius 3 is 3.00 bits per heavy atom. The third-order valence-corrected chi connectivity index (χ3v) is 6.17. The minimum Gasteiger partial charge on any atom is -0.397 e. The van der Waals surface area contributed by atoms with Gasteiger partial charge in [-0.3, -0.25) is 0 Å². The normalized spacial score (nSPS) is 20.2. The van der Waals surface area contributed by atoms with E-state index in [1.54, 1.807) is 6.07 Å². The first-order valence-corrected chi connectivity index (χ1v) is 8.63. The van der Waals surface area contributed by atoms with Gasteiger partial charge in [0.05, 0.1) is 14.9 Å². The second kappa shape index (κ2) is 6.38. The number of anilines is 2. The molecule has 1 aliphatic rings. The Hall–Kier alpha value is 0.180. The monoisotopic (exact) mass is 384 g/mol. The smallest absolute Gasteiger partial charge is 0.138 e. The lowest BCUT2D eigenvalue weighted by Crippen LogP contribution is -2.23. The average Bonchev–Trinajstić information content (AvgIpc) is 2.33. The van der Waals surface area contributed by atoms with Crippen LogP contribution in [0.15, 0.2) is 12.1 Å². The van der Waals surface area contributed by atoms with Crippen molar-refractivity contribution in [1.82, 2.24) is 0 Å². The van der Waals surface area contributed by atoms with Crippen molar-refractivity contribution in [3.8, 4) is 0 Å². The second-order valence-corrected chi connectivity index (χ2v) is 7.52. The van der Waals surface area contributed by atoms with Crippen LogP contribution in [0.1, 0.15) is 0 Å². The zero-order chi connectivity index (χ0) is 12.3. The van der Waals surface area contributed by atoms with E-state index in [4.69, 9.17) is 5.73 Å². The molecule has 1 atom stereocenters. The lowest BCUT2D eigenvalue weighted by molar-refractivity contribution is 0.621. The fraction of sp³-hybridized carbons (Fsp3) is 0.455. The summed E-state index contributed by atoms with van der Waals surface area (Å²) in [6.45, 7) is 0.849. The Morgan fingerprint density at radius 2 is 2.29 bits per heavy atom. The summed E-state index contributed by atoms with van der Waals surface area (Å²) in [5.74, 6) is 3.38. The standard InChI is InChI=1S/C11H14FIN2S2/c12-8-3-11(10(14)4-9(8)13)15-5-7-6-16-1-2-17-7/h3-4,7,15H,1-2,5-6,14H2. The molecule has 1 saturated heterocycles. The Kier molecular flexibility index (Phi) is 5.10. The number of nitrogen functional groups attached to an aromatic ring is 1. The van der Waals surface area contributed by atoms with Crippen molar-refractivity contribution in [3.63, 3.8) is 0 Å². The third kappa shape index (κ3) is 3.82. The predicted octanol–water partition coefficient (Wildman–Crippen LogP) is 3.27. The number of halogens is 2. The second-order valence-electron chi connectivity index (χ2n) is 3.80. The number of nitrogens with one attached hydrogen (secondary N) is 1. The van der Waals surface area contributed by atoms with Gasteiger partial charge in [0.15, 0.2) is 0 Å². The highest BCUT2D eigenvalue weighted by Crippen LogP contribution is 2.27. The van der Waals surface area contributed by atoms with Crippen LogP contribution in [0.4, 0.5) is 15.8 Å². The Labute approximate surface area is 123 Å². The van der Waals surface area contributed by atoms with Gasteiger partial charge in [-0.25, -0.2) is 4.39 Å². The number of benzene rings is 1. The first-order valence-electron chi connectivity index (χ1n) is 5.34. The summed E-state index contributed by atoms with van der Waals surface area (Å²) in [6.07, 6.45) is 0. The molecule has 0 radical (unpaired) electrons. The maximum absolute atomic E-state index is 13.4. The molecule has 1 heterocycles. The fourth-order valence-corrected chi connectivity index (χ4v) is 4.70. The van der Waals surface area contributed by atoms with E-state index in [9.17, 15) is 4.39 Å². The van der Waals surface area contributed by atoms with Crippen molar-refractivity contribution in [2.75, 3.05) is 34.9 Å². The summed E-state index contributed by atoms with van der Waals surface area (Å²) in [4.78, 5) is 0. The van der Waals surface area contributed by atoms with E-state index in [0.29, 0.717) is 20.2 Å². The van der Waals surface area contributed by atoms with Crippen LogP contribution in [-0.4, -0.2) is 29.1 Å². The molecule has 0 aliphatic carbocycles. The highest BCUT2D eigenvalue weighted by molar-refractivity contribution is 14.1. The summed E-state index contributed by atoms with van der Waals surface area (Å²) < 4.78 is 14.0. The third-order valence-electron chi connectivity index (χ3n) is 2.50. The number of hydrogen-bond donors (Lipinski definition) is 2. The Morgan fingerprint density at radius 1 is 1.47 bits per heavy atom. The van der Waals surface area contributed by atoms with Gasteiger partial charge in [-0.1, -0.05) is 0 Å². The van der Waals surface area contributed by atoms with Gasteiger partial charge in [0.25, 0.3) is 0 Å². The maximum atomic E-state index is 13.4. The van der Waals surface area contributed by atoms with Gasteiger partial charge in [-0.2, -0.15) is 23.5 Å². The highest BCUT2D eigenvalue weighted by atomic mass is 127. The molecular weight excluding hydrogens is 370 g/mol. The fourth-order valence-electron chi connectivity index (χ4n) is 1.59. The van der Waals surface area contributed by atoms with Gasteiger partial charge >= 0.3 is 0 Å². The SMILES string of the molecule is Nc1cc(I)c(F)cc1NCC1CSCCS1. The zero-order valence-electron chi connectivity index (χ0n) is 9.21. The lowest BCUT2D eigenvalue weighted by Gasteiger charge is -2.22. The molecule has 1 unspecified atom stereocenters. The molecule has 3 N–H and O–H groups in total. The van der Waals surface area contributed by atoms with Crippen LogP contribution in [0.25, 0.3) is 0 Å². The molecule has 1 aliphatic heterocycles.